The quantitative estimate of drug-likeness (QED) is 0.778. The van der Waals surface area contributed by atoms with Gasteiger partial charge in [0, 0.05) is 5.56 Å². The molecule has 5 heteroatoms. The van der Waals surface area contributed by atoms with E-state index in [4.69, 9.17) is 4.74 Å². The van der Waals surface area contributed by atoms with Crippen molar-refractivity contribution >= 4 is 17.5 Å². The summed E-state index contributed by atoms with van der Waals surface area (Å²) in [5.41, 5.74) is 1.75. The Kier molecular flexibility index (Phi) is 5.68. The molecular weight excluding hydrogens is 328 g/mol. The highest BCUT2D eigenvalue weighted by Crippen LogP contribution is 2.24. The lowest BCUT2D eigenvalue weighted by Crippen LogP contribution is -2.91. The molecular formula is C21H25N2O3+. The van der Waals surface area contributed by atoms with Gasteiger partial charge in [-0.1, -0.05) is 37.3 Å². The number of amides is 2. The normalized spacial score (nSPS) is 18.2. The predicted molar refractivity (Wildman–Crippen MR) is 99.9 cm³/mol. The maximum atomic E-state index is 12.8. The van der Waals surface area contributed by atoms with E-state index in [1.54, 1.807) is 24.3 Å². The molecule has 136 valence electrons. The Balaban J connectivity index is 1.68. The van der Waals surface area contributed by atoms with Crippen LogP contribution in [0.4, 0.5) is 5.69 Å². The number of hydrogen-bond donors (Lipinski definition) is 1. The van der Waals surface area contributed by atoms with Crippen LogP contribution in [-0.2, 0) is 9.59 Å². The van der Waals surface area contributed by atoms with Gasteiger partial charge in [-0.15, -0.1) is 0 Å². The van der Waals surface area contributed by atoms with E-state index in [9.17, 15) is 9.59 Å². The molecule has 1 aliphatic heterocycles. The van der Waals surface area contributed by atoms with Crippen molar-refractivity contribution in [1.29, 1.82) is 0 Å². The number of rotatable bonds is 7. The van der Waals surface area contributed by atoms with Crippen molar-refractivity contribution < 1.29 is 19.6 Å². The molecule has 1 aliphatic rings. The first-order valence-electron chi connectivity index (χ1n) is 9.09. The molecule has 1 saturated heterocycles. The third-order valence-corrected chi connectivity index (χ3v) is 4.60. The number of hydrogen-bond acceptors (Lipinski definition) is 3. The van der Waals surface area contributed by atoms with Gasteiger partial charge in [0.1, 0.15) is 11.8 Å². The Hall–Kier alpha value is -2.66. The van der Waals surface area contributed by atoms with E-state index in [2.05, 4.69) is 6.92 Å². The molecule has 0 unspecified atom stereocenters. The Morgan fingerprint density at radius 1 is 1.12 bits per heavy atom. The second-order valence-corrected chi connectivity index (χ2v) is 6.61. The van der Waals surface area contributed by atoms with E-state index >= 15 is 0 Å². The van der Waals surface area contributed by atoms with Crippen molar-refractivity contribution in [2.75, 3.05) is 11.5 Å². The third-order valence-electron chi connectivity index (χ3n) is 4.60. The van der Waals surface area contributed by atoms with Crippen molar-refractivity contribution in [3.05, 3.63) is 60.2 Å². The van der Waals surface area contributed by atoms with Crippen LogP contribution in [0.2, 0.25) is 0 Å². The molecule has 0 aliphatic carbocycles. The fourth-order valence-corrected chi connectivity index (χ4v) is 3.20. The van der Waals surface area contributed by atoms with E-state index in [-0.39, 0.29) is 30.3 Å². The van der Waals surface area contributed by atoms with Crippen LogP contribution in [0, 0.1) is 0 Å². The lowest BCUT2D eigenvalue weighted by atomic mass is 10.1. The lowest BCUT2D eigenvalue weighted by Gasteiger charge is -2.17. The van der Waals surface area contributed by atoms with Crippen molar-refractivity contribution in [3.63, 3.8) is 0 Å². The summed E-state index contributed by atoms with van der Waals surface area (Å²) in [5, 5.41) is 1.98. The lowest BCUT2D eigenvalue weighted by molar-refractivity contribution is -0.711. The summed E-state index contributed by atoms with van der Waals surface area (Å²) in [6, 6.07) is 16.9. The fraction of sp³-hybridized carbons (Fsp3) is 0.333. The SMILES string of the molecule is CCCOc1ccc(N2C(=O)C[C@@H]([NH2+][C@H](C)c3ccccc3)C2=O)cc1. The molecule has 0 radical (unpaired) electrons. The maximum absolute atomic E-state index is 12.8. The smallest absolute Gasteiger partial charge is 0.292 e. The monoisotopic (exact) mass is 353 g/mol. The van der Waals surface area contributed by atoms with Gasteiger partial charge in [0.2, 0.25) is 5.91 Å². The van der Waals surface area contributed by atoms with Crippen molar-refractivity contribution in [1.82, 2.24) is 0 Å². The van der Waals surface area contributed by atoms with E-state index in [1.165, 1.54) is 4.90 Å². The first-order valence-corrected chi connectivity index (χ1v) is 9.09. The molecule has 0 aromatic heterocycles. The number of imide groups is 1. The third kappa shape index (κ3) is 3.94. The zero-order valence-electron chi connectivity index (χ0n) is 15.2. The average Bonchev–Trinajstić information content (AvgIpc) is 2.94. The van der Waals surface area contributed by atoms with Crippen LogP contribution < -0.4 is 15.0 Å². The van der Waals surface area contributed by atoms with Gasteiger partial charge in [-0.25, -0.2) is 4.90 Å². The second kappa shape index (κ2) is 8.15. The van der Waals surface area contributed by atoms with Crippen LogP contribution in [0.15, 0.2) is 54.6 Å². The fourth-order valence-electron chi connectivity index (χ4n) is 3.20. The van der Waals surface area contributed by atoms with Crippen LogP contribution in [0.1, 0.15) is 38.3 Å². The van der Waals surface area contributed by atoms with Crippen LogP contribution in [-0.4, -0.2) is 24.5 Å². The number of anilines is 1. The summed E-state index contributed by atoms with van der Waals surface area (Å²) in [6.45, 7) is 4.74. The van der Waals surface area contributed by atoms with Gasteiger partial charge in [-0.3, -0.25) is 9.59 Å². The van der Waals surface area contributed by atoms with Crippen LogP contribution in [0.5, 0.6) is 5.75 Å². The molecule has 1 heterocycles. The van der Waals surface area contributed by atoms with Gasteiger partial charge >= 0.3 is 0 Å². The highest BCUT2D eigenvalue weighted by Gasteiger charge is 2.43. The molecule has 2 aromatic rings. The minimum absolute atomic E-state index is 0.114. The van der Waals surface area contributed by atoms with E-state index in [0.29, 0.717) is 12.3 Å². The minimum Gasteiger partial charge on any atom is -0.494 e. The zero-order valence-corrected chi connectivity index (χ0v) is 15.2. The first-order chi connectivity index (χ1) is 12.6. The molecule has 26 heavy (non-hydrogen) atoms. The molecule has 3 rings (SSSR count). The number of ether oxygens (including phenoxy) is 1. The highest BCUT2D eigenvalue weighted by atomic mass is 16.5. The van der Waals surface area contributed by atoms with E-state index < -0.39 is 0 Å². The summed E-state index contributed by atoms with van der Waals surface area (Å²) in [7, 11) is 0. The van der Waals surface area contributed by atoms with Crippen LogP contribution in [0.3, 0.4) is 0 Å². The number of nitrogens with zero attached hydrogens (tertiary/aromatic N) is 1. The largest absolute Gasteiger partial charge is 0.494 e. The molecule has 0 bridgehead atoms. The Labute approximate surface area is 154 Å². The molecule has 2 aromatic carbocycles. The molecule has 2 atom stereocenters. The summed E-state index contributed by atoms with van der Waals surface area (Å²) in [5.74, 6) is 0.439. The Morgan fingerprint density at radius 2 is 1.81 bits per heavy atom. The molecule has 0 saturated carbocycles. The number of carbonyl (C=O) groups is 2. The molecule has 5 nitrogen and oxygen atoms in total. The summed E-state index contributed by atoms with van der Waals surface area (Å²) in [4.78, 5) is 26.5. The van der Waals surface area contributed by atoms with Gasteiger partial charge in [-0.2, -0.15) is 0 Å². The number of quaternary nitrogens is 1. The first kappa shape index (κ1) is 18.1. The van der Waals surface area contributed by atoms with Gasteiger partial charge in [0.25, 0.3) is 5.91 Å². The van der Waals surface area contributed by atoms with Crippen molar-refractivity contribution in [2.24, 2.45) is 0 Å². The van der Waals surface area contributed by atoms with Crippen LogP contribution >= 0.6 is 0 Å². The van der Waals surface area contributed by atoms with E-state index in [1.807, 2.05) is 42.6 Å². The number of carbonyl (C=O) groups excluding carboxylic acids is 2. The number of nitrogens with two attached hydrogens (primary N) is 1. The summed E-state index contributed by atoms with van der Waals surface area (Å²) >= 11 is 0. The van der Waals surface area contributed by atoms with Crippen LogP contribution in [0.25, 0.3) is 0 Å². The maximum Gasteiger partial charge on any atom is 0.292 e. The average molecular weight is 353 g/mol. The topological polar surface area (TPSA) is 63.2 Å². The summed E-state index contributed by atoms with van der Waals surface area (Å²) in [6.07, 6.45) is 1.16. The van der Waals surface area contributed by atoms with Crippen molar-refractivity contribution in [2.45, 2.75) is 38.8 Å². The Bertz CT molecular complexity index is 759. The molecule has 0 spiro atoms. The van der Waals surface area contributed by atoms with Gasteiger partial charge < -0.3 is 10.1 Å². The van der Waals surface area contributed by atoms with Crippen molar-refractivity contribution in [3.8, 4) is 5.75 Å². The standard InChI is InChI=1S/C21H24N2O3/c1-3-13-26-18-11-9-17(10-12-18)23-20(24)14-19(21(23)25)22-15(2)16-7-5-4-6-8-16/h4-12,15,19,22H,3,13-14H2,1-2H3/p+1/t15-,19-/m1/s1. The minimum atomic E-state index is -0.381. The van der Waals surface area contributed by atoms with Gasteiger partial charge in [0.05, 0.1) is 18.7 Å². The molecule has 2 amide bonds. The Morgan fingerprint density at radius 3 is 2.46 bits per heavy atom. The zero-order chi connectivity index (χ0) is 18.5. The summed E-state index contributed by atoms with van der Waals surface area (Å²) < 4.78 is 5.55. The molecule has 2 N–H and O–H groups in total. The predicted octanol–water partition coefficient (Wildman–Crippen LogP) is 2.43. The van der Waals surface area contributed by atoms with Gasteiger partial charge in [-0.05, 0) is 37.6 Å². The molecule has 1 fully saturated rings. The highest BCUT2D eigenvalue weighted by molar-refractivity contribution is 6.21. The second-order valence-electron chi connectivity index (χ2n) is 6.61. The number of benzene rings is 2. The van der Waals surface area contributed by atoms with Gasteiger partial charge in [0.15, 0.2) is 6.04 Å². The van der Waals surface area contributed by atoms with E-state index in [0.717, 1.165) is 17.7 Å².